The summed E-state index contributed by atoms with van der Waals surface area (Å²) in [5.41, 5.74) is 0.875. The monoisotopic (exact) mass is 281 g/mol. The van der Waals surface area contributed by atoms with E-state index < -0.39 is 21.0 Å². The zero-order valence-corrected chi connectivity index (χ0v) is 11.2. The maximum Gasteiger partial charge on any atom is 0.242 e. The normalized spacial score (nSPS) is 21.6. The molecule has 0 bridgehead atoms. The minimum atomic E-state index is -3.34. The highest BCUT2D eigenvalue weighted by Crippen LogP contribution is 2.21. The minimum absolute atomic E-state index is 0.0689. The van der Waals surface area contributed by atoms with Crippen LogP contribution in [-0.4, -0.2) is 31.6 Å². The van der Waals surface area contributed by atoms with Crippen LogP contribution in [0.1, 0.15) is 29.6 Å². The maximum atomic E-state index is 12.0. The van der Waals surface area contributed by atoms with Crippen LogP contribution in [-0.2, 0) is 14.6 Å². The van der Waals surface area contributed by atoms with Crippen molar-refractivity contribution in [1.82, 2.24) is 0 Å². The Morgan fingerprint density at radius 2 is 2.11 bits per heavy atom. The van der Waals surface area contributed by atoms with Gasteiger partial charge in [-0.2, -0.15) is 0 Å². The largest absolute Gasteiger partial charge is 0.325 e. The van der Waals surface area contributed by atoms with Crippen LogP contribution in [0.15, 0.2) is 24.3 Å². The predicted molar refractivity (Wildman–Crippen MR) is 71.9 cm³/mol. The van der Waals surface area contributed by atoms with Crippen molar-refractivity contribution in [2.24, 2.45) is 0 Å². The molecular formula is C13H15NO4S. The first-order valence-corrected chi connectivity index (χ1v) is 7.82. The molecule has 0 aliphatic carbocycles. The van der Waals surface area contributed by atoms with E-state index in [2.05, 4.69) is 5.32 Å². The molecule has 1 heterocycles. The van der Waals surface area contributed by atoms with Crippen LogP contribution in [0.5, 0.6) is 0 Å². The van der Waals surface area contributed by atoms with E-state index in [0.717, 1.165) is 6.42 Å². The summed E-state index contributed by atoms with van der Waals surface area (Å²) in [6.07, 6.45) is 2.40. The molecule has 2 rings (SSSR count). The van der Waals surface area contributed by atoms with Gasteiger partial charge < -0.3 is 5.32 Å². The van der Waals surface area contributed by atoms with Crippen LogP contribution in [0.3, 0.4) is 0 Å². The first kappa shape index (κ1) is 13.7. The maximum absolute atomic E-state index is 12.0. The molecule has 0 spiro atoms. The smallest absolute Gasteiger partial charge is 0.242 e. The van der Waals surface area contributed by atoms with Gasteiger partial charge >= 0.3 is 0 Å². The average Bonchev–Trinajstić information content (AvgIpc) is 2.38. The summed E-state index contributed by atoms with van der Waals surface area (Å²) in [6, 6.07) is 6.38. The number of rotatable bonds is 3. The molecule has 102 valence electrons. The van der Waals surface area contributed by atoms with Gasteiger partial charge in [0, 0.05) is 11.3 Å². The van der Waals surface area contributed by atoms with Crippen LogP contribution < -0.4 is 5.32 Å². The highest BCUT2D eigenvalue weighted by Gasteiger charge is 2.34. The third-order valence-corrected chi connectivity index (χ3v) is 5.34. The Morgan fingerprint density at radius 3 is 2.79 bits per heavy atom. The summed E-state index contributed by atoms with van der Waals surface area (Å²) in [7, 11) is -3.34. The van der Waals surface area contributed by atoms with Crippen LogP contribution in [0.25, 0.3) is 0 Å². The fourth-order valence-electron chi connectivity index (χ4n) is 2.16. The van der Waals surface area contributed by atoms with E-state index in [1.807, 2.05) is 0 Å². The standard InChI is InChI=1S/C13H15NO4S/c15-9-10-4-3-5-11(8-10)14-13(16)12-6-1-2-7-19(12,17)18/h3-5,8-9,12H,1-2,6-7H2,(H,14,16). The number of sulfone groups is 1. The predicted octanol–water partition coefficient (Wildman–Crippen LogP) is 1.40. The van der Waals surface area contributed by atoms with Gasteiger partial charge in [0.2, 0.25) is 5.91 Å². The molecule has 1 unspecified atom stereocenters. The zero-order valence-electron chi connectivity index (χ0n) is 10.3. The number of nitrogens with one attached hydrogen (secondary N) is 1. The lowest BCUT2D eigenvalue weighted by Gasteiger charge is -2.21. The molecule has 1 aliphatic heterocycles. The van der Waals surface area contributed by atoms with Crippen molar-refractivity contribution in [2.75, 3.05) is 11.1 Å². The van der Waals surface area contributed by atoms with E-state index in [4.69, 9.17) is 0 Å². The third-order valence-electron chi connectivity index (χ3n) is 3.16. The Kier molecular flexibility index (Phi) is 3.99. The number of anilines is 1. The van der Waals surface area contributed by atoms with E-state index >= 15 is 0 Å². The Balaban J connectivity index is 2.14. The van der Waals surface area contributed by atoms with Gasteiger partial charge in [0.25, 0.3) is 0 Å². The van der Waals surface area contributed by atoms with Gasteiger partial charge in [-0.3, -0.25) is 9.59 Å². The zero-order chi connectivity index (χ0) is 13.9. The molecule has 1 saturated heterocycles. The number of carbonyl (C=O) groups excluding carboxylic acids is 2. The van der Waals surface area contributed by atoms with E-state index in [-0.39, 0.29) is 5.75 Å². The summed E-state index contributed by atoms with van der Waals surface area (Å²) in [5.74, 6) is -0.442. The van der Waals surface area contributed by atoms with Gasteiger partial charge in [0.05, 0.1) is 5.75 Å². The first-order valence-electron chi connectivity index (χ1n) is 6.10. The van der Waals surface area contributed by atoms with E-state index in [1.165, 1.54) is 6.07 Å². The lowest BCUT2D eigenvalue weighted by molar-refractivity contribution is -0.116. The number of aldehydes is 1. The number of hydrogen-bond donors (Lipinski definition) is 1. The molecule has 1 amide bonds. The Morgan fingerprint density at radius 1 is 1.32 bits per heavy atom. The lowest BCUT2D eigenvalue weighted by Crippen LogP contribution is -2.39. The van der Waals surface area contributed by atoms with Crippen LogP contribution >= 0.6 is 0 Å². The third kappa shape index (κ3) is 3.20. The molecule has 0 saturated carbocycles. The highest BCUT2D eigenvalue weighted by molar-refractivity contribution is 7.92. The number of benzene rings is 1. The summed E-state index contributed by atoms with van der Waals surface area (Å²) in [6.45, 7) is 0. The second-order valence-corrected chi connectivity index (χ2v) is 6.89. The van der Waals surface area contributed by atoms with Crippen molar-refractivity contribution >= 4 is 27.7 Å². The van der Waals surface area contributed by atoms with Crippen LogP contribution in [0, 0.1) is 0 Å². The van der Waals surface area contributed by atoms with E-state index in [9.17, 15) is 18.0 Å². The molecule has 0 aromatic heterocycles. The van der Waals surface area contributed by atoms with Crippen molar-refractivity contribution in [2.45, 2.75) is 24.5 Å². The molecule has 5 nitrogen and oxygen atoms in total. The topological polar surface area (TPSA) is 80.3 Å². The summed E-state index contributed by atoms with van der Waals surface area (Å²) >= 11 is 0. The van der Waals surface area contributed by atoms with Gasteiger partial charge in [-0.25, -0.2) is 8.42 Å². The Hall–Kier alpha value is -1.69. The van der Waals surface area contributed by atoms with Gasteiger partial charge in [0.15, 0.2) is 9.84 Å². The van der Waals surface area contributed by atoms with Crippen molar-refractivity contribution in [1.29, 1.82) is 0 Å². The van der Waals surface area contributed by atoms with E-state index in [1.54, 1.807) is 18.2 Å². The molecule has 1 aromatic carbocycles. The molecule has 0 radical (unpaired) electrons. The molecule has 19 heavy (non-hydrogen) atoms. The summed E-state index contributed by atoms with van der Waals surface area (Å²) in [5, 5.41) is 1.59. The average molecular weight is 281 g/mol. The van der Waals surface area contributed by atoms with Crippen molar-refractivity contribution in [3.63, 3.8) is 0 Å². The second kappa shape index (κ2) is 5.52. The van der Waals surface area contributed by atoms with Gasteiger partial charge in [-0.1, -0.05) is 18.6 Å². The Bertz CT molecular complexity index is 594. The van der Waals surface area contributed by atoms with Crippen molar-refractivity contribution in [3.8, 4) is 0 Å². The van der Waals surface area contributed by atoms with Crippen LogP contribution in [0.2, 0.25) is 0 Å². The number of amides is 1. The fraction of sp³-hybridized carbons (Fsp3) is 0.385. The summed E-state index contributed by atoms with van der Waals surface area (Å²) in [4.78, 5) is 22.6. The molecule has 1 aliphatic rings. The fourth-order valence-corrected chi connectivity index (χ4v) is 3.96. The van der Waals surface area contributed by atoms with Crippen molar-refractivity contribution < 1.29 is 18.0 Å². The SMILES string of the molecule is O=Cc1cccc(NC(=O)C2CCCCS2(=O)=O)c1. The number of hydrogen-bond acceptors (Lipinski definition) is 4. The first-order chi connectivity index (χ1) is 9.03. The lowest BCUT2D eigenvalue weighted by atomic mass is 10.1. The molecule has 1 fully saturated rings. The quantitative estimate of drug-likeness (QED) is 0.849. The second-order valence-electron chi connectivity index (χ2n) is 4.58. The summed E-state index contributed by atoms with van der Waals surface area (Å²) < 4.78 is 23.6. The molecule has 1 atom stereocenters. The van der Waals surface area contributed by atoms with Crippen LogP contribution in [0.4, 0.5) is 5.69 Å². The van der Waals surface area contributed by atoms with E-state index in [0.29, 0.717) is 30.4 Å². The molecule has 1 N–H and O–H groups in total. The number of carbonyl (C=O) groups is 2. The molecular weight excluding hydrogens is 266 g/mol. The van der Waals surface area contributed by atoms with Gasteiger partial charge in [-0.15, -0.1) is 0 Å². The highest BCUT2D eigenvalue weighted by atomic mass is 32.2. The van der Waals surface area contributed by atoms with Gasteiger partial charge in [-0.05, 0) is 25.0 Å². The Labute approximate surface area is 111 Å². The molecule has 1 aromatic rings. The van der Waals surface area contributed by atoms with Gasteiger partial charge in [0.1, 0.15) is 11.5 Å². The minimum Gasteiger partial charge on any atom is -0.325 e. The van der Waals surface area contributed by atoms with Crippen molar-refractivity contribution in [3.05, 3.63) is 29.8 Å². The molecule has 6 heteroatoms.